The first-order valence-electron chi connectivity index (χ1n) is 6.75. The summed E-state index contributed by atoms with van der Waals surface area (Å²) in [4.78, 5) is 12.5. The Bertz CT molecular complexity index is 514. The molecule has 0 saturated carbocycles. The predicted molar refractivity (Wildman–Crippen MR) is 83.8 cm³/mol. The molecule has 108 valence electrons. The van der Waals surface area contributed by atoms with Crippen LogP contribution in [0.25, 0.3) is 0 Å². The zero-order chi connectivity index (χ0) is 14.2. The van der Waals surface area contributed by atoms with Crippen LogP contribution in [0, 0.1) is 0 Å². The average molecular weight is 339 g/mol. The zero-order valence-corrected chi connectivity index (χ0v) is 13.1. The molecule has 0 bridgehead atoms. The van der Waals surface area contributed by atoms with Crippen LogP contribution >= 0.6 is 15.9 Å². The molecule has 0 fully saturated rings. The Morgan fingerprint density at radius 3 is 2.60 bits per heavy atom. The van der Waals surface area contributed by atoms with Gasteiger partial charge in [-0.2, -0.15) is 0 Å². The molecule has 0 aliphatic rings. The minimum Gasteiger partial charge on any atom is -0.369 e. The molecular formula is C13H19BrN6. The maximum absolute atomic E-state index is 4.25. The molecule has 0 atom stereocenters. The number of hydrogen-bond acceptors (Lipinski definition) is 5. The molecule has 7 heteroatoms. The minimum absolute atomic E-state index is 0.823. The predicted octanol–water partition coefficient (Wildman–Crippen LogP) is 2.76. The Balaban J connectivity index is 1.82. The average Bonchev–Trinajstić information content (AvgIpc) is 2.97. The van der Waals surface area contributed by atoms with Gasteiger partial charge in [0.25, 0.3) is 0 Å². The molecule has 0 radical (unpaired) electrons. The molecule has 6 nitrogen and oxygen atoms in total. The summed E-state index contributed by atoms with van der Waals surface area (Å²) in [7, 11) is 0. The lowest BCUT2D eigenvalue weighted by Crippen LogP contribution is -2.10. The zero-order valence-electron chi connectivity index (χ0n) is 11.5. The smallest absolute Gasteiger partial charge is 0.145 e. The van der Waals surface area contributed by atoms with Crippen molar-refractivity contribution < 1.29 is 0 Å². The van der Waals surface area contributed by atoms with Crippen LogP contribution in [-0.4, -0.2) is 32.6 Å². The molecule has 0 saturated heterocycles. The number of nitrogens with one attached hydrogen (secondary N) is 2. The highest BCUT2D eigenvalue weighted by Gasteiger charge is 2.07. The molecule has 2 aromatic rings. The van der Waals surface area contributed by atoms with E-state index in [9.17, 15) is 0 Å². The summed E-state index contributed by atoms with van der Waals surface area (Å²) < 4.78 is 2.95. The monoisotopic (exact) mass is 338 g/mol. The van der Waals surface area contributed by atoms with Gasteiger partial charge in [0.2, 0.25) is 0 Å². The highest BCUT2D eigenvalue weighted by atomic mass is 79.9. The number of aromatic nitrogens is 4. The van der Waals surface area contributed by atoms with Crippen molar-refractivity contribution in [1.29, 1.82) is 0 Å². The first kappa shape index (κ1) is 14.8. The standard InChI is InChI=1S/C13H19BrN6/c1-2-4-16-12-11(14)13(19-9-18-12)17-5-3-7-20-8-6-15-10-20/h6,8-10H,2-5,7H2,1H3,(H2,16,17,18,19). The second kappa shape index (κ2) is 7.84. The van der Waals surface area contributed by atoms with Crippen molar-refractivity contribution in [3.8, 4) is 0 Å². The minimum atomic E-state index is 0.823. The molecule has 0 aliphatic heterocycles. The quantitative estimate of drug-likeness (QED) is 0.724. The number of nitrogens with zero attached hydrogens (tertiary/aromatic N) is 4. The molecule has 2 rings (SSSR count). The van der Waals surface area contributed by atoms with Gasteiger partial charge in [0, 0.05) is 32.0 Å². The highest BCUT2D eigenvalue weighted by Crippen LogP contribution is 2.26. The van der Waals surface area contributed by atoms with E-state index in [2.05, 4.69) is 53.0 Å². The third-order valence-electron chi connectivity index (χ3n) is 2.78. The Labute approximate surface area is 127 Å². The van der Waals surface area contributed by atoms with Crippen LogP contribution < -0.4 is 10.6 Å². The van der Waals surface area contributed by atoms with Crippen LogP contribution in [0.15, 0.2) is 29.5 Å². The number of aryl methyl sites for hydroxylation is 1. The summed E-state index contributed by atoms with van der Waals surface area (Å²) >= 11 is 3.54. The number of hydrogen-bond donors (Lipinski definition) is 2. The van der Waals surface area contributed by atoms with Crippen LogP contribution in [0.2, 0.25) is 0 Å². The van der Waals surface area contributed by atoms with Crippen molar-refractivity contribution in [1.82, 2.24) is 19.5 Å². The Morgan fingerprint density at radius 2 is 1.95 bits per heavy atom. The van der Waals surface area contributed by atoms with Gasteiger partial charge in [-0.3, -0.25) is 0 Å². The third-order valence-corrected chi connectivity index (χ3v) is 3.53. The van der Waals surface area contributed by atoms with E-state index in [0.717, 1.165) is 48.6 Å². The summed E-state index contributed by atoms with van der Waals surface area (Å²) in [6.07, 6.45) is 9.22. The largest absolute Gasteiger partial charge is 0.369 e. The summed E-state index contributed by atoms with van der Waals surface area (Å²) in [5, 5.41) is 6.59. The molecule has 20 heavy (non-hydrogen) atoms. The molecule has 0 aliphatic carbocycles. The number of anilines is 2. The fourth-order valence-corrected chi connectivity index (χ4v) is 2.23. The number of rotatable bonds is 8. The Kier molecular flexibility index (Phi) is 5.79. The van der Waals surface area contributed by atoms with Gasteiger partial charge in [0.05, 0.1) is 6.33 Å². The lowest BCUT2D eigenvalue weighted by atomic mass is 10.4. The van der Waals surface area contributed by atoms with E-state index < -0.39 is 0 Å². The summed E-state index contributed by atoms with van der Waals surface area (Å²) in [5.74, 6) is 1.66. The van der Waals surface area contributed by atoms with Gasteiger partial charge in [-0.15, -0.1) is 0 Å². The van der Waals surface area contributed by atoms with Crippen LogP contribution in [0.3, 0.4) is 0 Å². The molecule has 2 heterocycles. The number of halogens is 1. The molecule has 0 amide bonds. The molecule has 0 aromatic carbocycles. The second-order valence-corrected chi connectivity index (χ2v) is 5.19. The van der Waals surface area contributed by atoms with Gasteiger partial charge in [-0.1, -0.05) is 6.92 Å². The molecule has 0 spiro atoms. The van der Waals surface area contributed by atoms with E-state index in [1.54, 1.807) is 12.5 Å². The first-order chi connectivity index (χ1) is 9.81. The second-order valence-electron chi connectivity index (χ2n) is 4.39. The van der Waals surface area contributed by atoms with Gasteiger partial charge in [-0.25, -0.2) is 15.0 Å². The van der Waals surface area contributed by atoms with Gasteiger partial charge >= 0.3 is 0 Å². The Hall–Kier alpha value is -1.63. The highest BCUT2D eigenvalue weighted by molar-refractivity contribution is 9.10. The molecular weight excluding hydrogens is 320 g/mol. The SMILES string of the molecule is CCCNc1ncnc(NCCCn2ccnc2)c1Br. The van der Waals surface area contributed by atoms with Crippen molar-refractivity contribution >= 4 is 27.6 Å². The summed E-state index contributed by atoms with van der Waals surface area (Å²) in [6, 6.07) is 0. The van der Waals surface area contributed by atoms with E-state index in [4.69, 9.17) is 0 Å². The van der Waals surface area contributed by atoms with E-state index in [1.807, 2.05) is 12.5 Å². The van der Waals surface area contributed by atoms with Gasteiger partial charge in [-0.05, 0) is 28.8 Å². The fraction of sp³-hybridized carbons (Fsp3) is 0.462. The lowest BCUT2D eigenvalue weighted by Gasteiger charge is -2.11. The van der Waals surface area contributed by atoms with Crippen molar-refractivity contribution in [3.05, 3.63) is 29.5 Å². The van der Waals surface area contributed by atoms with Crippen molar-refractivity contribution in [2.75, 3.05) is 23.7 Å². The van der Waals surface area contributed by atoms with Crippen molar-refractivity contribution in [2.24, 2.45) is 0 Å². The van der Waals surface area contributed by atoms with E-state index in [1.165, 1.54) is 0 Å². The first-order valence-corrected chi connectivity index (χ1v) is 7.54. The normalized spacial score (nSPS) is 10.5. The molecule has 0 unspecified atom stereocenters. The van der Waals surface area contributed by atoms with Crippen LogP contribution in [0.5, 0.6) is 0 Å². The summed E-state index contributed by atoms with van der Waals surface area (Å²) in [6.45, 7) is 4.81. The molecule has 2 N–H and O–H groups in total. The topological polar surface area (TPSA) is 67.7 Å². The van der Waals surface area contributed by atoms with Crippen molar-refractivity contribution in [2.45, 2.75) is 26.3 Å². The van der Waals surface area contributed by atoms with E-state index in [0.29, 0.717) is 0 Å². The lowest BCUT2D eigenvalue weighted by molar-refractivity contribution is 0.660. The van der Waals surface area contributed by atoms with Crippen LogP contribution in [-0.2, 0) is 6.54 Å². The van der Waals surface area contributed by atoms with Crippen molar-refractivity contribution in [3.63, 3.8) is 0 Å². The third kappa shape index (κ3) is 4.19. The Morgan fingerprint density at radius 1 is 1.20 bits per heavy atom. The maximum atomic E-state index is 4.25. The fourth-order valence-electron chi connectivity index (χ4n) is 1.75. The van der Waals surface area contributed by atoms with Gasteiger partial charge < -0.3 is 15.2 Å². The van der Waals surface area contributed by atoms with Crippen LogP contribution in [0.1, 0.15) is 19.8 Å². The van der Waals surface area contributed by atoms with Gasteiger partial charge in [0.1, 0.15) is 22.4 Å². The van der Waals surface area contributed by atoms with Crippen LogP contribution in [0.4, 0.5) is 11.6 Å². The number of imidazole rings is 1. The van der Waals surface area contributed by atoms with E-state index >= 15 is 0 Å². The molecule has 2 aromatic heterocycles. The van der Waals surface area contributed by atoms with Gasteiger partial charge in [0.15, 0.2) is 0 Å². The van der Waals surface area contributed by atoms with E-state index in [-0.39, 0.29) is 0 Å². The maximum Gasteiger partial charge on any atom is 0.145 e. The summed E-state index contributed by atoms with van der Waals surface area (Å²) in [5.41, 5.74) is 0.